The molecule has 1 aliphatic rings. The van der Waals surface area contributed by atoms with Crippen LogP contribution in [0.5, 0.6) is 0 Å². The van der Waals surface area contributed by atoms with Gasteiger partial charge in [0, 0.05) is 6.54 Å². The molecule has 0 aliphatic heterocycles. The van der Waals surface area contributed by atoms with Crippen molar-refractivity contribution in [2.75, 3.05) is 6.54 Å². The second kappa shape index (κ2) is 4.94. The summed E-state index contributed by atoms with van der Waals surface area (Å²) < 4.78 is 5.17. The van der Waals surface area contributed by atoms with Gasteiger partial charge in [-0.3, -0.25) is 0 Å². The lowest BCUT2D eigenvalue weighted by atomic mass is 9.76. The zero-order chi connectivity index (χ0) is 11.5. The smallest absolute Gasteiger partial charge is 0.336 e. The van der Waals surface area contributed by atoms with E-state index in [1.165, 1.54) is 0 Å². The Labute approximate surface area is 90.8 Å². The van der Waals surface area contributed by atoms with Gasteiger partial charge in [0.05, 0.1) is 0 Å². The fourth-order valence-corrected chi connectivity index (χ4v) is 1.83. The van der Waals surface area contributed by atoms with Crippen LogP contribution in [0.4, 0.5) is 0 Å². The summed E-state index contributed by atoms with van der Waals surface area (Å²) in [5, 5.41) is 9.16. The van der Waals surface area contributed by atoms with Crippen molar-refractivity contribution in [1.82, 2.24) is 0 Å². The topological polar surface area (TPSA) is 72.5 Å². The second-order valence-corrected chi connectivity index (χ2v) is 5.05. The Bertz CT molecular complexity index is 218. The highest BCUT2D eigenvalue weighted by molar-refractivity contribution is 5.74. The maximum Gasteiger partial charge on any atom is 0.336 e. The molecule has 0 aromatic carbocycles. The van der Waals surface area contributed by atoms with Crippen molar-refractivity contribution in [2.24, 2.45) is 11.1 Å². The fourth-order valence-electron chi connectivity index (χ4n) is 1.83. The van der Waals surface area contributed by atoms with Crippen LogP contribution in [0.1, 0.15) is 39.5 Å². The number of nitrogens with two attached hydrogens (primary N) is 1. The van der Waals surface area contributed by atoms with Crippen molar-refractivity contribution in [3.8, 4) is 0 Å². The standard InChI is InChI=1S/C11H21NO3/c1-11(2)5-3-8(4-6-11)15-10(14)9(13)7-12/h8-9,13H,3-7,12H2,1-2H3. The van der Waals surface area contributed by atoms with Crippen LogP contribution in [0.3, 0.4) is 0 Å². The number of hydrogen-bond donors (Lipinski definition) is 2. The first-order chi connectivity index (χ1) is 6.94. The lowest BCUT2D eigenvalue weighted by Gasteiger charge is -2.34. The van der Waals surface area contributed by atoms with Gasteiger partial charge in [-0.1, -0.05) is 13.8 Å². The molecule has 15 heavy (non-hydrogen) atoms. The van der Waals surface area contributed by atoms with E-state index in [2.05, 4.69) is 13.8 Å². The average molecular weight is 215 g/mol. The highest BCUT2D eigenvalue weighted by atomic mass is 16.6. The summed E-state index contributed by atoms with van der Waals surface area (Å²) in [6.45, 7) is 4.37. The Balaban J connectivity index is 2.33. The fraction of sp³-hybridized carbons (Fsp3) is 0.909. The molecule has 0 saturated heterocycles. The highest BCUT2D eigenvalue weighted by Gasteiger charge is 2.29. The molecule has 1 atom stereocenters. The van der Waals surface area contributed by atoms with Crippen LogP contribution < -0.4 is 5.73 Å². The van der Waals surface area contributed by atoms with E-state index in [1.54, 1.807) is 0 Å². The lowest BCUT2D eigenvalue weighted by molar-refractivity contribution is -0.161. The number of esters is 1. The van der Waals surface area contributed by atoms with Gasteiger partial charge < -0.3 is 15.6 Å². The van der Waals surface area contributed by atoms with E-state index in [4.69, 9.17) is 15.6 Å². The quantitative estimate of drug-likeness (QED) is 0.684. The molecule has 1 fully saturated rings. The molecule has 1 unspecified atom stereocenters. The van der Waals surface area contributed by atoms with Gasteiger partial charge >= 0.3 is 5.97 Å². The van der Waals surface area contributed by atoms with E-state index in [0.29, 0.717) is 5.41 Å². The molecule has 3 N–H and O–H groups in total. The zero-order valence-electron chi connectivity index (χ0n) is 9.53. The minimum absolute atomic E-state index is 0.0354. The van der Waals surface area contributed by atoms with Gasteiger partial charge in [0.1, 0.15) is 6.10 Å². The van der Waals surface area contributed by atoms with Gasteiger partial charge in [-0.15, -0.1) is 0 Å². The number of aliphatic hydroxyl groups excluding tert-OH is 1. The van der Waals surface area contributed by atoms with E-state index in [1.807, 2.05) is 0 Å². The minimum atomic E-state index is -1.17. The van der Waals surface area contributed by atoms with Crippen molar-refractivity contribution in [3.63, 3.8) is 0 Å². The molecule has 1 saturated carbocycles. The summed E-state index contributed by atoms with van der Waals surface area (Å²) in [5.41, 5.74) is 5.53. The minimum Gasteiger partial charge on any atom is -0.460 e. The molecule has 0 radical (unpaired) electrons. The third-order valence-corrected chi connectivity index (χ3v) is 3.06. The number of rotatable bonds is 3. The first-order valence-corrected chi connectivity index (χ1v) is 5.53. The molecule has 0 heterocycles. The molecule has 1 rings (SSSR count). The van der Waals surface area contributed by atoms with Crippen LogP contribution in [0.2, 0.25) is 0 Å². The summed E-state index contributed by atoms with van der Waals surface area (Å²) in [5.74, 6) is -0.581. The third kappa shape index (κ3) is 3.80. The van der Waals surface area contributed by atoms with Crippen molar-refractivity contribution in [3.05, 3.63) is 0 Å². The number of carbonyl (C=O) groups is 1. The van der Waals surface area contributed by atoms with Crippen molar-refractivity contribution >= 4 is 5.97 Å². The third-order valence-electron chi connectivity index (χ3n) is 3.06. The van der Waals surface area contributed by atoms with Gasteiger partial charge in [0.25, 0.3) is 0 Å². The first kappa shape index (κ1) is 12.5. The Morgan fingerprint density at radius 2 is 2.07 bits per heavy atom. The number of carbonyl (C=O) groups excluding carboxylic acids is 1. The molecule has 0 spiro atoms. The maximum atomic E-state index is 11.3. The second-order valence-electron chi connectivity index (χ2n) is 5.05. The largest absolute Gasteiger partial charge is 0.460 e. The Morgan fingerprint density at radius 1 is 1.53 bits per heavy atom. The van der Waals surface area contributed by atoms with E-state index in [-0.39, 0.29) is 12.6 Å². The number of ether oxygens (including phenoxy) is 1. The Kier molecular flexibility index (Phi) is 4.11. The summed E-state index contributed by atoms with van der Waals surface area (Å²) in [4.78, 5) is 11.3. The van der Waals surface area contributed by atoms with Crippen LogP contribution in [-0.2, 0) is 9.53 Å². The Hall–Kier alpha value is -0.610. The molecule has 4 nitrogen and oxygen atoms in total. The van der Waals surface area contributed by atoms with Crippen LogP contribution in [0.15, 0.2) is 0 Å². The van der Waals surface area contributed by atoms with Crippen LogP contribution in [0, 0.1) is 5.41 Å². The molecule has 0 amide bonds. The zero-order valence-corrected chi connectivity index (χ0v) is 9.53. The van der Waals surface area contributed by atoms with Gasteiger partial charge in [0.15, 0.2) is 6.10 Å². The average Bonchev–Trinajstić information content (AvgIpc) is 2.20. The highest BCUT2D eigenvalue weighted by Crippen LogP contribution is 2.36. The molecular weight excluding hydrogens is 194 g/mol. The molecular formula is C11H21NO3. The van der Waals surface area contributed by atoms with Crippen LogP contribution in [0.25, 0.3) is 0 Å². The number of hydrogen-bond acceptors (Lipinski definition) is 4. The molecule has 4 heteroatoms. The maximum absolute atomic E-state index is 11.3. The van der Waals surface area contributed by atoms with Gasteiger partial charge in [-0.2, -0.15) is 0 Å². The summed E-state index contributed by atoms with van der Waals surface area (Å²) in [6.07, 6.45) is 2.69. The van der Waals surface area contributed by atoms with E-state index >= 15 is 0 Å². The summed E-state index contributed by atoms with van der Waals surface area (Å²) >= 11 is 0. The predicted octanol–water partition coefficient (Wildman–Crippen LogP) is 0.818. The molecule has 0 aromatic heterocycles. The van der Waals surface area contributed by atoms with Gasteiger partial charge in [-0.05, 0) is 31.1 Å². The van der Waals surface area contributed by atoms with Crippen LogP contribution >= 0.6 is 0 Å². The van der Waals surface area contributed by atoms with Gasteiger partial charge in [0.2, 0.25) is 0 Å². The van der Waals surface area contributed by atoms with Crippen molar-refractivity contribution in [2.45, 2.75) is 51.7 Å². The molecule has 0 bridgehead atoms. The van der Waals surface area contributed by atoms with E-state index < -0.39 is 12.1 Å². The first-order valence-electron chi connectivity index (χ1n) is 5.53. The molecule has 1 aliphatic carbocycles. The monoisotopic (exact) mass is 215 g/mol. The van der Waals surface area contributed by atoms with E-state index in [9.17, 15) is 4.79 Å². The Morgan fingerprint density at radius 3 is 2.53 bits per heavy atom. The molecule has 88 valence electrons. The van der Waals surface area contributed by atoms with Crippen LogP contribution in [-0.4, -0.2) is 29.8 Å². The van der Waals surface area contributed by atoms with E-state index in [0.717, 1.165) is 25.7 Å². The lowest BCUT2D eigenvalue weighted by Crippen LogP contribution is -2.35. The number of aliphatic hydroxyl groups is 1. The normalized spacial score (nSPS) is 23.5. The van der Waals surface area contributed by atoms with Crippen molar-refractivity contribution < 1.29 is 14.6 Å². The molecule has 0 aromatic rings. The van der Waals surface area contributed by atoms with Crippen molar-refractivity contribution in [1.29, 1.82) is 0 Å². The summed E-state index contributed by atoms with van der Waals surface area (Å²) in [6, 6.07) is 0. The SMILES string of the molecule is CC1(C)CCC(OC(=O)C(O)CN)CC1. The summed E-state index contributed by atoms with van der Waals surface area (Å²) in [7, 11) is 0. The predicted molar refractivity (Wildman–Crippen MR) is 57.2 cm³/mol. The van der Waals surface area contributed by atoms with Gasteiger partial charge in [-0.25, -0.2) is 4.79 Å².